The molecule has 272 valence electrons. The SMILES string of the molecule is C[C@H](NC(=O)C1CC2(CN1C(=O)CNC(=O)c1ccc3c(c1)-c1ccccc1C3(F)F)OCCO2)c1cc2cnccc2n1S(=O)(=O)c1ccccc1. The number of amides is 3. The first kappa shape index (κ1) is 34.6. The molecule has 0 saturated carbocycles. The van der Waals surface area contributed by atoms with Gasteiger partial charge >= 0.3 is 0 Å². The summed E-state index contributed by atoms with van der Waals surface area (Å²) in [4.78, 5) is 46.4. The lowest BCUT2D eigenvalue weighted by Gasteiger charge is -2.26. The maximum Gasteiger partial charge on any atom is 0.299 e. The fraction of sp³-hybridized carbons (Fsp3) is 0.263. The summed E-state index contributed by atoms with van der Waals surface area (Å²) < 4.78 is 70.8. The van der Waals surface area contributed by atoms with Gasteiger partial charge < -0.3 is 25.0 Å². The van der Waals surface area contributed by atoms with Crippen LogP contribution < -0.4 is 10.6 Å². The van der Waals surface area contributed by atoms with E-state index in [-0.39, 0.29) is 59.0 Å². The van der Waals surface area contributed by atoms with Crippen LogP contribution in [0.25, 0.3) is 22.0 Å². The zero-order valence-electron chi connectivity index (χ0n) is 28.3. The molecule has 53 heavy (non-hydrogen) atoms. The van der Waals surface area contributed by atoms with Crippen LogP contribution >= 0.6 is 0 Å². The van der Waals surface area contributed by atoms with Crippen LogP contribution in [0.1, 0.15) is 46.6 Å². The molecule has 1 spiro atoms. The van der Waals surface area contributed by atoms with Crippen LogP contribution in [0.15, 0.2) is 102 Å². The van der Waals surface area contributed by atoms with E-state index in [1.54, 1.807) is 49.4 Å². The first-order valence-corrected chi connectivity index (χ1v) is 18.4. The van der Waals surface area contributed by atoms with Crippen molar-refractivity contribution in [1.29, 1.82) is 0 Å². The summed E-state index contributed by atoms with van der Waals surface area (Å²) >= 11 is 0. The van der Waals surface area contributed by atoms with Gasteiger partial charge in [-0.2, -0.15) is 8.78 Å². The molecule has 2 fully saturated rings. The Balaban J connectivity index is 1.02. The van der Waals surface area contributed by atoms with Crippen LogP contribution in [0, 0.1) is 0 Å². The highest BCUT2D eigenvalue weighted by Crippen LogP contribution is 2.51. The molecule has 3 amide bonds. The van der Waals surface area contributed by atoms with Crippen molar-refractivity contribution in [2.45, 2.75) is 42.0 Å². The van der Waals surface area contributed by atoms with E-state index in [0.29, 0.717) is 16.5 Å². The molecule has 2 atom stereocenters. The van der Waals surface area contributed by atoms with Crippen molar-refractivity contribution in [3.05, 3.63) is 120 Å². The predicted molar refractivity (Wildman–Crippen MR) is 187 cm³/mol. The molecular formula is C38H33F2N5O7S. The van der Waals surface area contributed by atoms with Crippen molar-refractivity contribution in [2.24, 2.45) is 0 Å². The summed E-state index contributed by atoms with van der Waals surface area (Å²) in [6.07, 6.45) is 3.01. The molecule has 0 bridgehead atoms. The van der Waals surface area contributed by atoms with Crippen LogP contribution in [0.3, 0.4) is 0 Å². The molecule has 3 aliphatic rings. The Morgan fingerprint density at radius 2 is 1.66 bits per heavy atom. The minimum atomic E-state index is -4.10. The third-order valence-electron chi connectivity index (χ3n) is 9.97. The largest absolute Gasteiger partial charge is 0.346 e. The van der Waals surface area contributed by atoms with Gasteiger partial charge in [-0.3, -0.25) is 19.4 Å². The summed E-state index contributed by atoms with van der Waals surface area (Å²) in [6, 6.07) is 19.2. The highest BCUT2D eigenvalue weighted by atomic mass is 32.2. The van der Waals surface area contributed by atoms with Gasteiger partial charge in [0.25, 0.3) is 21.9 Å². The third-order valence-corrected chi connectivity index (χ3v) is 11.7. The average Bonchev–Trinajstić information content (AvgIpc) is 3.94. The molecule has 1 aliphatic carbocycles. The summed E-state index contributed by atoms with van der Waals surface area (Å²) in [7, 11) is -4.10. The number of halogens is 2. The predicted octanol–water partition coefficient (Wildman–Crippen LogP) is 4.35. The van der Waals surface area contributed by atoms with Gasteiger partial charge in [0.05, 0.1) is 48.5 Å². The van der Waals surface area contributed by atoms with Gasteiger partial charge in [0.2, 0.25) is 11.8 Å². The molecular weight excluding hydrogens is 709 g/mol. The van der Waals surface area contributed by atoms with E-state index in [4.69, 9.17) is 9.47 Å². The van der Waals surface area contributed by atoms with Crippen molar-refractivity contribution in [1.82, 2.24) is 24.5 Å². The van der Waals surface area contributed by atoms with Crippen LogP contribution in [-0.2, 0) is 35.0 Å². The van der Waals surface area contributed by atoms with Crippen molar-refractivity contribution in [3.8, 4) is 11.1 Å². The Kier molecular flexibility index (Phi) is 8.39. The molecule has 2 aliphatic heterocycles. The molecule has 0 radical (unpaired) electrons. The highest BCUT2D eigenvalue weighted by molar-refractivity contribution is 7.90. The molecule has 8 rings (SSSR count). The van der Waals surface area contributed by atoms with Crippen molar-refractivity contribution < 1.29 is 41.1 Å². The topological polar surface area (TPSA) is 149 Å². The lowest BCUT2D eigenvalue weighted by atomic mass is 10.0. The van der Waals surface area contributed by atoms with Crippen molar-refractivity contribution in [3.63, 3.8) is 0 Å². The second-order valence-electron chi connectivity index (χ2n) is 13.2. The summed E-state index contributed by atoms with van der Waals surface area (Å²) in [6.45, 7) is 1.56. The lowest BCUT2D eigenvalue weighted by Crippen LogP contribution is -2.49. The number of alkyl halides is 2. The van der Waals surface area contributed by atoms with Gasteiger partial charge in [0.1, 0.15) is 6.04 Å². The van der Waals surface area contributed by atoms with E-state index >= 15 is 8.78 Å². The van der Waals surface area contributed by atoms with E-state index in [2.05, 4.69) is 15.6 Å². The van der Waals surface area contributed by atoms with Crippen LogP contribution in [0.2, 0.25) is 0 Å². The molecule has 3 aromatic carbocycles. The molecule has 12 nitrogen and oxygen atoms in total. The Hall–Kier alpha value is -5.51. The second-order valence-corrected chi connectivity index (χ2v) is 15.0. The minimum Gasteiger partial charge on any atom is -0.346 e. The van der Waals surface area contributed by atoms with Crippen molar-refractivity contribution in [2.75, 3.05) is 26.3 Å². The van der Waals surface area contributed by atoms with Crippen molar-refractivity contribution >= 4 is 38.6 Å². The van der Waals surface area contributed by atoms with Gasteiger partial charge in [0.15, 0.2) is 5.79 Å². The van der Waals surface area contributed by atoms with Gasteiger partial charge in [0, 0.05) is 40.9 Å². The van der Waals surface area contributed by atoms with Gasteiger partial charge in [-0.15, -0.1) is 0 Å². The first-order chi connectivity index (χ1) is 25.4. The van der Waals surface area contributed by atoms with Gasteiger partial charge in [-0.05, 0) is 54.4 Å². The maximum atomic E-state index is 15.0. The number of nitrogens with zero attached hydrogens (tertiary/aromatic N) is 3. The van der Waals surface area contributed by atoms with E-state index < -0.39 is 58.1 Å². The minimum absolute atomic E-state index is 0.00109. The summed E-state index contributed by atoms with van der Waals surface area (Å²) in [5.41, 5.74) is 0.949. The monoisotopic (exact) mass is 741 g/mol. The molecule has 5 aromatic rings. The molecule has 4 heterocycles. The first-order valence-electron chi connectivity index (χ1n) is 16.9. The number of fused-ring (bicyclic) bond motifs is 4. The number of ether oxygens (including phenoxy) is 2. The number of carbonyl (C=O) groups is 3. The number of pyridine rings is 1. The number of aromatic nitrogens is 2. The summed E-state index contributed by atoms with van der Waals surface area (Å²) in [5, 5.41) is 6.00. The van der Waals surface area contributed by atoms with Gasteiger partial charge in [-0.25, -0.2) is 12.4 Å². The van der Waals surface area contributed by atoms with Crippen LogP contribution in [-0.4, -0.2) is 78.1 Å². The zero-order chi connectivity index (χ0) is 37.1. The van der Waals surface area contributed by atoms with E-state index in [0.717, 1.165) is 0 Å². The molecule has 2 saturated heterocycles. The smallest absolute Gasteiger partial charge is 0.299 e. The zero-order valence-corrected chi connectivity index (χ0v) is 29.1. The fourth-order valence-electron chi connectivity index (χ4n) is 7.42. The lowest BCUT2D eigenvalue weighted by molar-refractivity contribution is -0.152. The van der Waals surface area contributed by atoms with Crippen LogP contribution in [0.5, 0.6) is 0 Å². The maximum absolute atomic E-state index is 15.0. The second kappa shape index (κ2) is 12.9. The number of carbonyl (C=O) groups excluding carboxylic acids is 3. The molecule has 1 unspecified atom stereocenters. The normalized spacial score (nSPS) is 18.8. The fourth-order valence-corrected chi connectivity index (χ4v) is 9.05. The number of hydrogen-bond donors (Lipinski definition) is 2. The Bertz CT molecular complexity index is 2400. The number of rotatable bonds is 8. The Labute approximate surface area is 302 Å². The van der Waals surface area contributed by atoms with E-state index in [9.17, 15) is 22.8 Å². The van der Waals surface area contributed by atoms with E-state index in [1.807, 2.05) is 0 Å². The molecule has 2 aromatic heterocycles. The standard InChI is InChI=1S/C38H33F2N5O7S/c1-23(32-18-25-20-41-14-13-31(25)45(32)53(49,50)26-7-3-2-4-8-26)43-36(48)33-19-37(51-15-16-52-37)22-44(33)34(46)21-42-35(47)24-11-12-30-28(17-24)27-9-5-6-10-29(27)38(30,39)40/h2-14,17-18,20,23,33H,15-16,19,21-22H2,1H3,(H,42,47)(H,43,48)/t23-,33?/m0/s1. The molecule has 15 heteroatoms. The Morgan fingerprint density at radius 3 is 2.43 bits per heavy atom. The average molecular weight is 742 g/mol. The Morgan fingerprint density at radius 1 is 0.943 bits per heavy atom. The van der Waals surface area contributed by atoms with Crippen LogP contribution in [0.4, 0.5) is 8.78 Å². The third kappa shape index (κ3) is 5.84. The summed E-state index contributed by atoms with van der Waals surface area (Å²) in [5.74, 6) is -6.29. The van der Waals surface area contributed by atoms with Gasteiger partial charge in [-0.1, -0.05) is 48.5 Å². The number of hydrogen-bond acceptors (Lipinski definition) is 8. The number of likely N-dealkylation sites (tertiary alicyclic amines) is 1. The van der Waals surface area contributed by atoms with E-state index in [1.165, 1.54) is 63.7 Å². The molecule has 2 N–H and O–H groups in total. The number of nitrogens with one attached hydrogen (secondary N) is 2. The number of benzene rings is 3. The quantitative estimate of drug-likeness (QED) is 0.239. The highest BCUT2D eigenvalue weighted by Gasteiger charge is 2.53.